The molecule has 0 amide bonds. The first-order valence-corrected chi connectivity index (χ1v) is 9.41. The minimum Gasteiger partial charge on any atom is -0.302 e. The van der Waals surface area contributed by atoms with Crippen molar-refractivity contribution in [1.29, 1.82) is 0 Å². The van der Waals surface area contributed by atoms with Gasteiger partial charge in [-0.1, -0.05) is 37.3 Å². The first kappa shape index (κ1) is 15.5. The average molecular weight is 295 g/mol. The summed E-state index contributed by atoms with van der Waals surface area (Å²) in [6, 6.07) is 10.7. The van der Waals surface area contributed by atoms with Gasteiger partial charge in [-0.25, -0.2) is 8.42 Å². The molecule has 2 rings (SSSR count). The summed E-state index contributed by atoms with van der Waals surface area (Å²) in [5.74, 6) is 0.297. The fraction of sp³-hybridized carbons (Fsp3) is 0.625. The van der Waals surface area contributed by atoms with Crippen LogP contribution in [0.15, 0.2) is 30.3 Å². The van der Waals surface area contributed by atoms with Crippen LogP contribution in [0.5, 0.6) is 0 Å². The summed E-state index contributed by atoms with van der Waals surface area (Å²) in [4.78, 5) is 2.42. The molecule has 4 heteroatoms. The van der Waals surface area contributed by atoms with Gasteiger partial charge in [-0.05, 0) is 37.9 Å². The molecule has 0 N–H and O–H groups in total. The summed E-state index contributed by atoms with van der Waals surface area (Å²) in [6.07, 6.45) is 4.45. The van der Waals surface area contributed by atoms with Gasteiger partial charge in [-0.15, -0.1) is 0 Å². The van der Waals surface area contributed by atoms with Gasteiger partial charge in [0.15, 0.2) is 0 Å². The second-order valence-corrected chi connectivity index (χ2v) is 8.55. The maximum Gasteiger partial charge on any atom is 0.147 e. The molecule has 0 spiro atoms. The Bertz CT molecular complexity index is 527. The molecule has 20 heavy (non-hydrogen) atoms. The van der Waals surface area contributed by atoms with Gasteiger partial charge in [-0.2, -0.15) is 0 Å². The van der Waals surface area contributed by atoms with Crippen LogP contribution in [0.25, 0.3) is 0 Å². The average Bonchev–Trinajstić information content (AvgIpc) is 2.38. The van der Waals surface area contributed by atoms with Gasteiger partial charge >= 0.3 is 0 Å². The van der Waals surface area contributed by atoms with Crippen molar-refractivity contribution in [3.63, 3.8) is 0 Å². The van der Waals surface area contributed by atoms with Gasteiger partial charge in [0.25, 0.3) is 0 Å². The zero-order chi connectivity index (χ0) is 14.6. The molecule has 0 aromatic heterocycles. The highest BCUT2D eigenvalue weighted by Gasteiger charge is 2.32. The normalized spacial score (nSPS) is 24.7. The molecule has 3 nitrogen and oxygen atoms in total. The van der Waals surface area contributed by atoms with Crippen molar-refractivity contribution < 1.29 is 8.42 Å². The predicted molar refractivity (Wildman–Crippen MR) is 83.8 cm³/mol. The molecule has 1 aromatic rings. The molecular weight excluding hydrogens is 270 g/mol. The van der Waals surface area contributed by atoms with Crippen molar-refractivity contribution in [2.24, 2.45) is 0 Å². The molecule has 0 saturated carbocycles. The first-order chi connectivity index (χ1) is 9.39. The number of hydrogen-bond donors (Lipinski definition) is 0. The maximum atomic E-state index is 11.2. The van der Waals surface area contributed by atoms with E-state index in [4.69, 9.17) is 0 Å². The van der Waals surface area contributed by atoms with Crippen LogP contribution in [0.2, 0.25) is 0 Å². The van der Waals surface area contributed by atoms with Gasteiger partial charge in [0, 0.05) is 18.2 Å². The smallest absolute Gasteiger partial charge is 0.147 e. The summed E-state index contributed by atoms with van der Waals surface area (Å²) >= 11 is 0. The number of likely N-dealkylation sites (tertiary alicyclic amines) is 1. The molecule has 0 bridgehead atoms. The molecule has 1 aromatic carbocycles. The molecule has 0 radical (unpaired) electrons. The predicted octanol–water partition coefficient (Wildman–Crippen LogP) is 2.47. The van der Waals surface area contributed by atoms with E-state index in [2.05, 4.69) is 42.2 Å². The third kappa shape index (κ3) is 4.32. The molecule has 1 heterocycles. The lowest BCUT2D eigenvalue weighted by Gasteiger charge is -2.41. The van der Waals surface area contributed by atoms with E-state index in [1.165, 1.54) is 24.7 Å². The molecule has 1 aliphatic rings. The SMILES string of the molecule is C[C@]1(c2ccccc2)CCCN(CCCS(C)(=O)=O)C1. The van der Waals surface area contributed by atoms with Crippen LogP contribution in [0.4, 0.5) is 0 Å². The van der Waals surface area contributed by atoms with Crippen LogP contribution in [0, 0.1) is 0 Å². The monoisotopic (exact) mass is 295 g/mol. The van der Waals surface area contributed by atoms with E-state index in [-0.39, 0.29) is 5.41 Å². The van der Waals surface area contributed by atoms with Crippen molar-refractivity contribution in [3.05, 3.63) is 35.9 Å². The summed E-state index contributed by atoms with van der Waals surface area (Å²) in [7, 11) is -2.83. The Balaban J connectivity index is 1.95. The molecular formula is C16H25NO2S. The van der Waals surface area contributed by atoms with Crippen LogP contribution in [0.1, 0.15) is 31.7 Å². The minimum atomic E-state index is -2.83. The van der Waals surface area contributed by atoms with Crippen molar-refractivity contribution in [3.8, 4) is 0 Å². The number of benzene rings is 1. The lowest BCUT2D eigenvalue weighted by Crippen LogP contribution is -2.44. The van der Waals surface area contributed by atoms with Gasteiger partial charge in [0.1, 0.15) is 9.84 Å². The number of nitrogens with zero attached hydrogens (tertiary/aromatic N) is 1. The van der Waals surface area contributed by atoms with Crippen LogP contribution in [0.3, 0.4) is 0 Å². The quantitative estimate of drug-likeness (QED) is 0.837. The maximum absolute atomic E-state index is 11.2. The molecule has 1 fully saturated rings. The van der Waals surface area contributed by atoms with E-state index in [9.17, 15) is 8.42 Å². The van der Waals surface area contributed by atoms with Crippen LogP contribution in [-0.2, 0) is 15.3 Å². The number of hydrogen-bond acceptors (Lipinski definition) is 3. The lowest BCUT2D eigenvalue weighted by atomic mass is 9.76. The molecule has 0 aliphatic carbocycles. The second kappa shape index (κ2) is 6.27. The highest BCUT2D eigenvalue weighted by molar-refractivity contribution is 7.90. The molecule has 112 valence electrons. The second-order valence-electron chi connectivity index (χ2n) is 6.29. The highest BCUT2D eigenvalue weighted by Crippen LogP contribution is 2.33. The Hall–Kier alpha value is -0.870. The summed E-state index contributed by atoms with van der Waals surface area (Å²) in [5, 5.41) is 0. The van der Waals surface area contributed by atoms with Gasteiger partial charge in [0.2, 0.25) is 0 Å². The van der Waals surface area contributed by atoms with Gasteiger partial charge in [0.05, 0.1) is 5.75 Å². The van der Waals surface area contributed by atoms with Crippen molar-refractivity contribution >= 4 is 9.84 Å². The van der Waals surface area contributed by atoms with E-state index in [0.717, 1.165) is 26.1 Å². The Morgan fingerprint density at radius 3 is 2.60 bits per heavy atom. The Morgan fingerprint density at radius 2 is 1.95 bits per heavy atom. The largest absolute Gasteiger partial charge is 0.302 e. The third-order valence-corrected chi connectivity index (χ3v) is 5.27. The molecule has 1 atom stereocenters. The van der Waals surface area contributed by atoms with Crippen LogP contribution < -0.4 is 0 Å². The molecule has 1 aliphatic heterocycles. The van der Waals surface area contributed by atoms with Crippen molar-refractivity contribution in [2.45, 2.75) is 31.6 Å². The minimum absolute atomic E-state index is 0.199. The van der Waals surface area contributed by atoms with Crippen molar-refractivity contribution in [2.75, 3.05) is 31.6 Å². The standard InChI is InChI=1S/C16H25NO2S/c1-16(15-8-4-3-5-9-15)10-6-11-17(14-16)12-7-13-20(2,18)19/h3-5,8-9H,6-7,10-14H2,1-2H3/t16-/m0/s1. The Kier molecular flexibility index (Phi) is 4.86. The number of rotatable bonds is 5. The topological polar surface area (TPSA) is 37.4 Å². The van der Waals surface area contributed by atoms with E-state index in [1.54, 1.807) is 0 Å². The fourth-order valence-electron chi connectivity index (χ4n) is 3.16. The van der Waals surface area contributed by atoms with E-state index < -0.39 is 9.84 Å². The van der Waals surface area contributed by atoms with Gasteiger partial charge < -0.3 is 4.90 Å². The first-order valence-electron chi connectivity index (χ1n) is 7.35. The fourth-order valence-corrected chi connectivity index (χ4v) is 3.82. The molecule has 1 saturated heterocycles. The van der Waals surface area contributed by atoms with Crippen LogP contribution >= 0.6 is 0 Å². The number of piperidine rings is 1. The highest BCUT2D eigenvalue weighted by atomic mass is 32.2. The zero-order valence-electron chi connectivity index (χ0n) is 12.5. The summed E-state index contributed by atoms with van der Waals surface area (Å²) in [5.41, 5.74) is 1.60. The van der Waals surface area contributed by atoms with E-state index in [1.807, 2.05) is 0 Å². The Morgan fingerprint density at radius 1 is 1.25 bits per heavy atom. The summed E-state index contributed by atoms with van der Waals surface area (Å²) < 4.78 is 22.4. The zero-order valence-corrected chi connectivity index (χ0v) is 13.3. The summed E-state index contributed by atoms with van der Waals surface area (Å²) in [6.45, 7) is 5.33. The Labute approximate surface area is 122 Å². The molecule has 0 unspecified atom stereocenters. The van der Waals surface area contributed by atoms with E-state index >= 15 is 0 Å². The van der Waals surface area contributed by atoms with Crippen molar-refractivity contribution in [1.82, 2.24) is 4.90 Å². The number of sulfone groups is 1. The van der Waals surface area contributed by atoms with Crippen LogP contribution in [-0.4, -0.2) is 45.0 Å². The van der Waals surface area contributed by atoms with E-state index in [0.29, 0.717) is 5.75 Å². The third-order valence-electron chi connectivity index (χ3n) is 4.24. The lowest BCUT2D eigenvalue weighted by molar-refractivity contribution is 0.157. The van der Waals surface area contributed by atoms with Gasteiger partial charge in [-0.3, -0.25) is 0 Å².